The molecule has 2 unspecified atom stereocenters. The molecule has 0 saturated heterocycles. The molecule has 6 nitrogen and oxygen atoms in total. The molecule has 2 atom stereocenters. The number of aromatic nitrogens is 2. The van der Waals surface area contributed by atoms with E-state index in [2.05, 4.69) is 14.9 Å². The van der Waals surface area contributed by atoms with Crippen LogP contribution in [0, 0.1) is 12.8 Å². The predicted molar refractivity (Wildman–Crippen MR) is 61.3 cm³/mol. The van der Waals surface area contributed by atoms with Crippen molar-refractivity contribution < 1.29 is 8.42 Å². The van der Waals surface area contributed by atoms with Crippen LogP contribution in [0.25, 0.3) is 0 Å². The number of aryl methyl sites for hydroxylation is 1. The summed E-state index contributed by atoms with van der Waals surface area (Å²) in [5.41, 5.74) is 6.01. The molecule has 16 heavy (non-hydrogen) atoms. The lowest BCUT2D eigenvalue weighted by Crippen LogP contribution is -2.39. The van der Waals surface area contributed by atoms with Gasteiger partial charge in [-0.3, -0.25) is 5.10 Å². The van der Waals surface area contributed by atoms with Crippen LogP contribution in [0.2, 0.25) is 0 Å². The Kier molecular flexibility index (Phi) is 4.06. The lowest BCUT2D eigenvalue weighted by molar-refractivity contribution is 0.453. The van der Waals surface area contributed by atoms with Crippen molar-refractivity contribution in [2.24, 2.45) is 11.7 Å². The third-order valence-corrected chi connectivity index (χ3v) is 4.31. The molecule has 0 bridgehead atoms. The number of hydrogen-bond acceptors (Lipinski definition) is 4. The topological polar surface area (TPSA) is 101 Å². The van der Waals surface area contributed by atoms with Crippen LogP contribution in [-0.4, -0.2) is 31.2 Å². The van der Waals surface area contributed by atoms with E-state index < -0.39 is 10.0 Å². The highest BCUT2D eigenvalue weighted by Crippen LogP contribution is 2.13. The van der Waals surface area contributed by atoms with E-state index in [1.54, 1.807) is 13.8 Å². The molecule has 1 aromatic heterocycles. The minimum atomic E-state index is -3.50. The molecule has 1 heterocycles. The van der Waals surface area contributed by atoms with E-state index in [4.69, 9.17) is 5.73 Å². The van der Waals surface area contributed by atoms with Crippen LogP contribution in [0.1, 0.15) is 19.5 Å². The molecule has 7 heteroatoms. The van der Waals surface area contributed by atoms with E-state index in [1.807, 2.05) is 6.92 Å². The van der Waals surface area contributed by atoms with Crippen LogP contribution in [0.15, 0.2) is 11.1 Å². The molecule has 0 aromatic carbocycles. The van der Waals surface area contributed by atoms with Crippen LogP contribution in [0.5, 0.6) is 0 Å². The maximum absolute atomic E-state index is 11.9. The molecule has 0 saturated carbocycles. The second-order valence-electron chi connectivity index (χ2n) is 3.98. The van der Waals surface area contributed by atoms with E-state index in [0.29, 0.717) is 12.2 Å². The summed E-state index contributed by atoms with van der Waals surface area (Å²) in [6.45, 7) is 5.80. The minimum Gasteiger partial charge on any atom is -0.330 e. The SMILES string of the molecule is Cc1[nH]ncc1S(=O)(=O)NC(C)C(C)CN. The van der Waals surface area contributed by atoms with Crippen LogP contribution in [0.4, 0.5) is 0 Å². The minimum absolute atomic E-state index is 0.0852. The van der Waals surface area contributed by atoms with Crippen LogP contribution in [0.3, 0.4) is 0 Å². The zero-order valence-corrected chi connectivity index (χ0v) is 10.5. The van der Waals surface area contributed by atoms with Gasteiger partial charge in [0.25, 0.3) is 0 Å². The molecule has 1 rings (SSSR count). The van der Waals surface area contributed by atoms with Crippen molar-refractivity contribution >= 4 is 10.0 Å². The van der Waals surface area contributed by atoms with Crippen LogP contribution in [-0.2, 0) is 10.0 Å². The van der Waals surface area contributed by atoms with Gasteiger partial charge >= 0.3 is 0 Å². The lowest BCUT2D eigenvalue weighted by atomic mass is 10.1. The van der Waals surface area contributed by atoms with Gasteiger partial charge in [-0.05, 0) is 26.3 Å². The molecule has 92 valence electrons. The normalized spacial score (nSPS) is 16.0. The van der Waals surface area contributed by atoms with Gasteiger partial charge in [-0.15, -0.1) is 0 Å². The first-order valence-corrected chi connectivity index (χ1v) is 6.59. The molecule has 0 fully saturated rings. The quantitative estimate of drug-likeness (QED) is 0.679. The Morgan fingerprint density at radius 3 is 2.62 bits per heavy atom. The summed E-state index contributed by atoms with van der Waals surface area (Å²) in [7, 11) is -3.50. The Balaban J connectivity index is 2.85. The van der Waals surface area contributed by atoms with Gasteiger partial charge in [0.2, 0.25) is 10.0 Å². The fraction of sp³-hybridized carbons (Fsp3) is 0.667. The first-order valence-electron chi connectivity index (χ1n) is 5.11. The molecule has 1 aromatic rings. The maximum Gasteiger partial charge on any atom is 0.244 e. The van der Waals surface area contributed by atoms with Gasteiger partial charge < -0.3 is 5.73 Å². The molecule has 0 aliphatic heterocycles. The van der Waals surface area contributed by atoms with E-state index in [-0.39, 0.29) is 16.9 Å². The van der Waals surface area contributed by atoms with Gasteiger partial charge in [-0.1, -0.05) is 6.92 Å². The number of hydrogen-bond donors (Lipinski definition) is 3. The molecule has 0 radical (unpaired) electrons. The average Bonchev–Trinajstić information content (AvgIpc) is 2.63. The Hall–Kier alpha value is -0.920. The average molecular weight is 246 g/mol. The van der Waals surface area contributed by atoms with Gasteiger partial charge in [0, 0.05) is 6.04 Å². The molecular formula is C9H18N4O2S. The van der Waals surface area contributed by atoms with Gasteiger partial charge in [-0.2, -0.15) is 5.10 Å². The van der Waals surface area contributed by atoms with E-state index in [0.717, 1.165) is 0 Å². The third-order valence-electron chi connectivity index (χ3n) is 2.64. The summed E-state index contributed by atoms with van der Waals surface area (Å²) < 4.78 is 26.4. The zero-order chi connectivity index (χ0) is 12.3. The summed E-state index contributed by atoms with van der Waals surface area (Å²) in [4.78, 5) is 0.184. The van der Waals surface area contributed by atoms with Crippen molar-refractivity contribution in [1.82, 2.24) is 14.9 Å². The number of rotatable bonds is 5. The largest absolute Gasteiger partial charge is 0.330 e. The number of nitrogens with zero attached hydrogens (tertiary/aromatic N) is 1. The van der Waals surface area contributed by atoms with E-state index in [1.165, 1.54) is 6.20 Å². The van der Waals surface area contributed by atoms with Crippen molar-refractivity contribution in [3.05, 3.63) is 11.9 Å². The van der Waals surface area contributed by atoms with Gasteiger partial charge in [0.1, 0.15) is 4.90 Å². The van der Waals surface area contributed by atoms with Crippen molar-refractivity contribution in [1.29, 1.82) is 0 Å². The second-order valence-corrected chi connectivity index (χ2v) is 5.66. The molecular weight excluding hydrogens is 228 g/mol. The van der Waals surface area contributed by atoms with Crippen molar-refractivity contribution in [2.45, 2.75) is 31.7 Å². The molecule has 0 aliphatic carbocycles. The fourth-order valence-corrected chi connectivity index (χ4v) is 2.73. The third kappa shape index (κ3) is 2.81. The summed E-state index contributed by atoms with van der Waals surface area (Å²) >= 11 is 0. The van der Waals surface area contributed by atoms with E-state index in [9.17, 15) is 8.42 Å². The van der Waals surface area contributed by atoms with Gasteiger partial charge in [-0.25, -0.2) is 13.1 Å². The predicted octanol–water partition coefficient (Wildman–Crippen LogP) is -0.0203. The number of nitrogens with two attached hydrogens (primary N) is 1. The maximum atomic E-state index is 11.9. The zero-order valence-electron chi connectivity index (χ0n) is 9.69. The monoisotopic (exact) mass is 246 g/mol. The molecule has 0 amide bonds. The number of H-pyrrole nitrogens is 1. The van der Waals surface area contributed by atoms with Crippen molar-refractivity contribution in [2.75, 3.05) is 6.54 Å². The number of aromatic amines is 1. The van der Waals surface area contributed by atoms with E-state index >= 15 is 0 Å². The van der Waals surface area contributed by atoms with Crippen molar-refractivity contribution in [3.63, 3.8) is 0 Å². The van der Waals surface area contributed by atoms with Crippen molar-refractivity contribution in [3.8, 4) is 0 Å². The Morgan fingerprint density at radius 2 is 2.19 bits per heavy atom. The smallest absolute Gasteiger partial charge is 0.244 e. The Bertz CT molecular complexity index is 440. The summed E-state index contributed by atoms with van der Waals surface area (Å²) in [6, 6.07) is -0.204. The second kappa shape index (κ2) is 4.94. The lowest BCUT2D eigenvalue weighted by Gasteiger charge is -2.19. The fourth-order valence-electron chi connectivity index (χ4n) is 1.24. The summed E-state index contributed by atoms with van der Waals surface area (Å²) in [5.74, 6) is 0.0852. The first-order chi connectivity index (χ1) is 7.38. The Labute approximate surface area is 95.7 Å². The van der Waals surface area contributed by atoms with Gasteiger partial charge in [0.15, 0.2) is 0 Å². The molecule has 4 N–H and O–H groups in total. The van der Waals surface area contributed by atoms with Crippen LogP contribution < -0.4 is 10.5 Å². The standard InChI is InChI=1S/C9H18N4O2S/c1-6(4-10)7(2)13-16(14,15)9-5-11-12-8(9)3/h5-7,13H,4,10H2,1-3H3,(H,11,12). The summed E-state index contributed by atoms with van der Waals surface area (Å²) in [6.07, 6.45) is 1.30. The number of sulfonamides is 1. The van der Waals surface area contributed by atoms with Crippen LogP contribution >= 0.6 is 0 Å². The van der Waals surface area contributed by atoms with Gasteiger partial charge in [0.05, 0.1) is 11.9 Å². The highest BCUT2D eigenvalue weighted by molar-refractivity contribution is 7.89. The highest BCUT2D eigenvalue weighted by Gasteiger charge is 2.23. The Morgan fingerprint density at radius 1 is 1.56 bits per heavy atom. The first kappa shape index (κ1) is 13.1. The number of nitrogens with one attached hydrogen (secondary N) is 2. The summed E-state index contributed by atoms with van der Waals surface area (Å²) in [5, 5.41) is 6.29. The molecule has 0 spiro atoms. The highest BCUT2D eigenvalue weighted by atomic mass is 32.2. The molecule has 0 aliphatic rings.